The summed E-state index contributed by atoms with van der Waals surface area (Å²) in [5.41, 5.74) is 0.220. The van der Waals surface area contributed by atoms with Gasteiger partial charge in [0.2, 0.25) is 5.91 Å². The van der Waals surface area contributed by atoms with Crippen molar-refractivity contribution in [3.05, 3.63) is 60.4 Å². The lowest BCUT2D eigenvalue weighted by atomic mass is 10.3. The van der Waals surface area contributed by atoms with Gasteiger partial charge in [-0.3, -0.25) is 9.10 Å². The van der Waals surface area contributed by atoms with Gasteiger partial charge in [0.15, 0.2) is 0 Å². The highest BCUT2D eigenvalue weighted by Crippen LogP contribution is 2.23. The van der Waals surface area contributed by atoms with Crippen LogP contribution in [-0.4, -0.2) is 53.0 Å². The van der Waals surface area contributed by atoms with E-state index >= 15 is 0 Å². The molecule has 0 fully saturated rings. The quantitative estimate of drug-likeness (QED) is 0.758. The SMILES string of the molecule is CN(C)CCNC(=O)CN(c1ccc(F)cc1)S(=O)(=O)c1ccccc1. The number of halogens is 1. The first-order chi connectivity index (χ1) is 12.3. The van der Waals surface area contributed by atoms with Gasteiger partial charge in [0.05, 0.1) is 10.6 Å². The summed E-state index contributed by atoms with van der Waals surface area (Å²) in [4.78, 5) is 14.2. The summed E-state index contributed by atoms with van der Waals surface area (Å²) in [5, 5.41) is 2.69. The lowest BCUT2D eigenvalue weighted by Crippen LogP contribution is -2.42. The van der Waals surface area contributed by atoms with E-state index in [9.17, 15) is 17.6 Å². The van der Waals surface area contributed by atoms with E-state index in [1.54, 1.807) is 18.2 Å². The van der Waals surface area contributed by atoms with Gasteiger partial charge in [-0.2, -0.15) is 0 Å². The van der Waals surface area contributed by atoms with Crippen LogP contribution in [0.1, 0.15) is 0 Å². The molecule has 0 aliphatic heterocycles. The summed E-state index contributed by atoms with van der Waals surface area (Å²) in [7, 11) is -0.220. The van der Waals surface area contributed by atoms with E-state index in [-0.39, 0.29) is 10.6 Å². The van der Waals surface area contributed by atoms with Crippen LogP contribution in [0.25, 0.3) is 0 Å². The number of amides is 1. The molecular formula is C18H22FN3O3S. The highest BCUT2D eigenvalue weighted by molar-refractivity contribution is 7.92. The molecule has 0 saturated carbocycles. The Hall–Kier alpha value is -2.45. The van der Waals surface area contributed by atoms with Crippen molar-refractivity contribution in [2.75, 3.05) is 38.0 Å². The second-order valence-electron chi connectivity index (χ2n) is 5.95. The van der Waals surface area contributed by atoms with Crippen molar-refractivity contribution in [3.63, 3.8) is 0 Å². The van der Waals surface area contributed by atoms with E-state index in [0.29, 0.717) is 13.1 Å². The standard InChI is InChI=1S/C18H22FN3O3S/c1-21(2)13-12-20-18(23)14-22(16-10-8-15(19)9-11-16)26(24,25)17-6-4-3-5-7-17/h3-11H,12-14H2,1-2H3,(H,20,23). The van der Waals surface area contributed by atoms with Crippen molar-refractivity contribution < 1.29 is 17.6 Å². The molecule has 140 valence electrons. The van der Waals surface area contributed by atoms with Gasteiger partial charge >= 0.3 is 0 Å². The van der Waals surface area contributed by atoms with Gasteiger partial charge in [0.25, 0.3) is 10.0 Å². The number of rotatable bonds is 8. The Labute approximate surface area is 153 Å². The lowest BCUT2D eigenvalue weighted by Gasteiger charge is -2.24. The monoisotopic (exact) mass is 379 g/mol. The van der Waals surface area contributed by atoms with Gasteiger partial charge in [-0.25, -0.2) is 12.8 Å². The fourth-order valence-electron chi connectivity index (χ4n) is 2.25. The normalized spacial score (nSPS) is 11.4. The first-order valence-corrected chi connectivity index (χ1v) is 9.49. The number of hydrogen-bond acceptors (Lipinski definition) is 4. The predicted octanol–water partition coefficient (Wildman–Crippen LogP) is 1.70. The largest absolute Gasteiger partial charge is 0.353 e. The number of anilines is 1. The zero-order valence-corrected chi connectivity index (χ0v) is 15.5. The molecule has 0 bridgehead atoms. The summed E-state index contributed by atoms with van der Waals surface area (Å²) in [6.07, 6.45) is 0. The molecule has 0 aliphatic carbocycles. The molecular weight excluding hydrogens is 357 g/mol. The predicted molar refractivity (Wildman–Crippen MR) is 98.9 cm³/mol. The van der Waals surface area contributed by atoms with Crippen LogP contribution in [0.2, 0.25) is 0 Å². The van der Waals surface area contributed by atoms with Crippen LogP contribution in [0.4, 0.5) is 10.1 Å². The zero-order valence-electron chi connectivity index (χ0n) is 14.7. The number of nitrogens with one attached hydrogen (secondary N) is 1. The van der Waals surface area contributed by atoms with E-state index in [4.69, 9.17) is 0 Å². The highest BCUT2D eigenvalue weighted by atomic mass is 32.2. The Kier molecular flexibility index (Phi) is 6.70. The van der Waals surface area contributed by atoms with Crippen molar-refractivity contribution in [3.8, 4) is 0 Å². The molecule has 1 N–H and O–H groups in total. The molecule has 26 heavy (non-hydrogen) atoms. The van der Waals surface area contributed by atoms with Gasteiger partial charge in [0, 0.05) is 13.1 Å². The zero-order chi connectivity index (χ0) is 19.2. The van der Waals surface area contributed by atoms with Crippen LogP contribution in [0.5, 0.6) is 0 Å². The third-order valence-corrected chi connectivity index (χ3v) is 5.40. The topological polar surface area (TPSA) is 69.7 Å². The highest BCUT2D eigenvalue weighted by Gasteiger charge is 2.27. The van der Waals surface area contributed by atoms with Crippen molar-refractivity contribution in [2.45, 2.75) is 4.90 Å². The molecule has 8 heteroatoms. The molecule has 0 radical (unpaired) electrons. The van der Waals surface area contributed by atoms with Crippen molar-refractivity contribution >= 4 is 21.6 Å². The number of carbonyl (C=O) groups excluding carboxylic acids is 1. The Bertz CT molecular complexity index is 825. The Morgan fingerprint density at radius 1 is 1.04 bits per heavy atom. The number of benzene rings is 2. The summed E-state index contributed by atoms with van der Waals surface area (Å²) < 4.78 is 40.2. The van der Waals surface area contributed by atoms with Crippen LogP contribution in [0, 0.1) is 5.82 Å². The van der Waals surface area contributed by atoms with Crippen LogP contribution in [0.3, 0.4) is 0 Å². The van der Waals surface area contributed by atoms with Gasteiger partial charge in [0.1, 0.15) is 12.4 Å². The van der Waals surface area contributed by atoms with E-state index in [1.165, 1.54) is 24.3 Å². The molecule has 6 nitrogen and oxygen atoms in total. The van der Waals surface area contributed by atoms with Gasteiger partial charge < -0.3 is 10.2 Å². The van der Waals surface area contributed by atoms with Gasteiger partial charge in [-0.15, -0.1) is 0 Å². The first-order valence-electron chi connectivity index (χ1n) is 8.05. The second-order valence-corrected chi connectivity index (χ2v) is 7.82. The molecule has 2 rings (SSSR count). The van der Waals surface area contributed by atoms with Crippen molar-refractivity contribution in [2.24, 2.45) is 0 Å². The fourth-order valence-corrected chi connectivity index (χ4v) is 3.69. The molecule has 0 aliphatic rings. The number of nitrogens with zero attached hydrogens (tertiary/aromatic N) is 2. The Morgan fingerprint density at radius 2 is 1.65 bits per heavy atom. The first kappa shape index (κ1) is 19.9. The number of sulfonamides is 1. The molecule has 0 unspecified atom stereocenters. The molecule has 2 aromatic carbocycles. The van der Waals surface area contributed by atoms with Crippen molar-refractivity contribution in [1.29, 1.82) is 0 Å². The number of carbonyl (C=O) groups is 1. The number of likely N-dealkylation sites (N-methyl/N-ethyl adjacent to an activating group) is 1. The van der Waals surface area contributed by atoms with Gasteiger partial charge in [-0.1, -0.05) is 18.2 Å². The van der Waals surface area contributed by atoms with Crippen LogP contribution < -0.4 is 9.62 Å². The average molecular weight is 379 g/mol. The minimum absolute atomic E-state index is 0.0606. The Morgan fingerprint density at radius 3 is 2.23 bits per heavy atom. The molecule has 0 aromatic heterocycles. The fraction of sp³-hybridized carbons (Fsp3) is 0.278. The number of hydrogen-bond donors (Lipinski definition) is 1. The summed E-state index contributed by atoms with van der Waals surface area (Å²) >= 11 is 0. The molecule has 2 aromatic rings. The molecule has 0 spiro atoms. The summed E-state index contributed by atoms with van der Waals surface area (Å²) in [6.45, 7) is 0.637. The van der Waals surface area contributed by atoms with Crippen LogP contribution >= 0.6 is 0 Å². The summed E-state index contributed by atoms with van der Waals surface area (Å²) in [5.74, 6) is -0.920. The smallest absolute Gasteiger partial charge is 0.264 e. The van der Waals surface area contributed by atoms with Gasteiger partial charge in [-0.05, 0) is 50.5 Å². The van der Waals surface area contributed by atoms with E-state index in [0.717, 1.165) is 16.4 Å². The van der Waals surface area contributed by atoms with E-state index < -0.39 is 28.3 Å². The maximum absolute atomic E-state index is 13.2. The molecule has 1 amide bonds. The van der Waals surface area contributed by atoms with Crippen molar-refractivity contribution in [1.82, 2.24) is 10.2 Å². The van der Waals surface area contributed by atoms with Crippen LogP contribution in [-0.2, 0) is 14.8 Å². The van der Waals surface area contributed by atoms with Crippen LogP contribution in [0.15, 0.2) is 59.5 Å². The average Bonchev–Trinajstić information content (AvgIpc) is 2.61. The molecule has 0 heterocycles. The molecule has 0 atom stereocenters. The molecule has 0 saturated heterocycles. The lowest BCUT2D eigenvalue weighted by molar-refractivity contribution is -0.119. The second kappa shape index (κ2) is 8.77. The summed E-state index contributed by atoms with van der Waals surface area (Å²) in [6, 6.07) is 12.8. The third-order valence-electron chi connectivity index (χ3n) is 3.61. The maximum Gasteiger partial charge on any atom is 0.264 e. The van der Waals surface area contributed by atoms with E-state index in [2.05, 4.69) is 5.32 Å². The minimum Gasteiger partial charge on any atom is -0.353 e. The third kappa shape index (κ3) is 5.27. The maximum atomic E-state index is 13.2. The Balaban J connectivity index is 2.28. The van der Waals surface area contributed by atoms with E-state index in [1.807, 2.05) is 19.0 Å². The minimum atomic E-state index is -3.96.